The van der Waals surface area contributed by atoms with E-state index in [1.165, 1.54) is 6.07 Å². The number of rotatable bonds is 10. The van der Waals surface area contributed by atoms with Crippen molar-refractivity contribution in [2.24, 2.45) is 0 Å². The van der Waals surface area contributed by atoms with E-state index in [0.717, 1.165) is 18.4 Å². The maximum Gasteiger partial charge on any atom is 0.335 e. The zero-order valence-electron chi connectivity index (χ0n) is 15.7. The smallest absolute Gasteiger partial charge is 0.335 e. The van der Waals surface area contributed by atoms with E-state index in [1.54, 1.807) is 25.3 Å². The van der Waals surface area contributed by atoms with Crippen LogP contribution in [0.4, 0.5) is 0 Å². The summed E-state index contributed by atoms with van der Waals surface area (Å²) in [6, 6.07) is 12.0. The third kappa shape index (κ3) is 6.02. The molecule has 0 fully saturated rings. The SMILES string of the molecule is CCCCOc1ccc(CNC(=O)Cc2ccccc2C(=O)O)cc1OC. The molecule has 1 amide bonds. The molecule has 0 saturated heterocycles. The third-order valence-corrected chi connectivity index (χ3v) is 4.07. The first-order chi connectivity index (χ1) is 13.0. The van der Waals surface area contributed by atoms with Crippen LogP contribution in [-0.2, 0) is 17.8 Å². The third-order valence-electron chi connectivity index (χ3n) is 4.07. The maximum absolute atomic E-state index is 12.2. The Hall–Kier alpha value is -3.02. The standard InChI is InChI=1S/C21H25NO5/c1-3-4-11-27-18-10-9-15(12-19(18)26-2)14-22-20(23)13-16-7-5-6-8-17(16)21(24)25/h5-10,12H,3-4,11,13-14H2,1-2H3,(H,22,23)(H,24,25). The van der Waals surface area contributed by atoms with Gasteiger partial charge in [-0.1, -0.05) is 37.6 Å². The number of carboxylic acids is 1. The molecule has 2 aromatic carbocycles. The van der Waals surface area contributed by atoms with Crippen molar-refractivity contribution in [2.45, 2.75) is 32.7 Å². The van der Waals surface area contributed by atoms with Gasteiger partial charge >= 0.3 is 5.97 Å². The van der Waals surface area contributed by atoms with Gasteiger partial charge in [-0.25, -0.2) is 4.79 Å². The summed E-state index contributed by atoms with van der Waals surface area (Å²) >= 11 is 0. The average molecular weight is 371 g/mol. The van der Waals surface area contributed by atoms with Crippen LogP contribution in [0, 0.1) is 0 Å². The minimum Gasteiger partial charge on any atom is -0.493 e. The molecule has 27 heavy (non-hydrogen) atoms. The molecule has 144 valence electrons. The molecular weight excluding hydrogens is 346 g/mol. The van der Waals surface area contributed by atoms with Gasteiger partial charge in [0.25, 0.3) is 0 Å². The van der Waals surface area contributed by atoms with Gasteiger partial charge in [-0.15, -0.1) is 0 Å². The van der Waals surface area contributed by atoms with Gasteiger partial charge in [0.1, 0.15) is 0 Å². The molecule has 0 bridgehead atoms. The van der Waals surface area contributed by atoms with Crippen molar-refractivity contribution >= 4 is 11.9 Å². The summed E-state index contributed by atoms with van der Waals surface area (Å²) in [6.07, 6.45) is 2.04. The topological polar surface area (TPSA) is 84.9 Å². The summed E-state index contributed by atoms with van der Waals surface area (Å²) in [7, 11) is 1.58. The largest absolute Gasteiger partial charge is 0.493 e. The number of methoxy groups -OCH3 is 1. The van der Waals surface area contributed by atoms with E-state index in [0.29, 0.717) is 30.2 Å². The Kier molecular flexibility index (Phi) is 7.67. The maximum atomic E-state index is 12.2. The minimum absolute atomic E-state index is 0.0117. The lowest BCUT2D eigenvalue weighted by Gasteiger charge is -2.13. The first-order valence-electron chi connectivity index (χ1n) is 8.92. The first kappa shape index (κ1) is 20.3. The number of nitrogens with one attached hydrogen (secondary N) is 1. The van der Waals surface area contributed by atoms with Crippen molar-refractivity contribution < 1.29 is 24.2 Å². The van der Waals surface area contributed by atoms with Crippen LogP contribution in [0.1, 0.15) is 41.3 Å². The average Bonchev–Trinajstić information content (AvgIpc) is 2.67. The van der Waals surface area contributed by atoms with Crippen molar-refractivity contribution in [3.05, 3.63) is 59.2 Å². The van der Waals surface area contributed by atoms with Crippen molar-refractivity contribution in [3.8, 4) is 11.5 Å². The molecule has 6 heteroatoms. The second kappa shape index (κ2) is 10.2. The molecule has 2 rings (SSSR count). The summed E-state index contributed by atoms with van der Waals surface area (Å²) in [4.78, 5) is 23.4. The Morgan fingerprint density at radius 3 is 2.59 bits per heavy atom. The molecular formula is C21H25NO5. The van der Waals surface area contributed by atoms with Gasteiger partial charge in [-0.2, -0.15) is 0 Å². The highest BCUT2D eigenvalue weighted by atomic mass is 16.5. The van der Waals surface area contributed by atoms with Crippen molar-refractivity contribution in [3.63, 3.8) is 0 Å². The number of unbranched alkanes of at least 4 members (excludes halogenated alkanes) is 1. The predicted molar refractivity (Wildman–Crippen MR) is 102 cm³/mol. The molecule has 0 spiro atoms. The van der Waals surface area contributed by atoms with Crippen molar-refractivity contribution in [1.29, 1.82) is 0 Å². The molecule has 0 atom stereocenters. The molecule has 0 heterocycles. The predicted octanol–water partition coefficient (Wildman–Crippen LogP) is 3.43. The molecule has 2 aromatic rings. The minimum atomic E-state index is -1.04. The molecule has 0 aromatic heterocycles. The monoisotopic (exact) mass is 371 g/mol. The molecule has 0 aliphatic rings. The molecule has 6 nitrogen and oxygen atoms in total. The summed E-state index contributed by atoms with van der Waals surface area (Å²) in [5, 5.41) is 12.0. The number of carbonyl (C=O) groups excluding carboxylic acids is 1. The van der Waals surface area contributed by atoms with Crippen LogP contribution < -0.4 is 14.8 Å². The van der Waals surface area contributed by atoms with E-state index < -0.39 is 5.97 Å². The van der Waals surface area contributed by atoms with Crippen LogP contribution in [0.25, 0.3) is 0 Å². The van der Waals surface area contributed by atoms with Crippen LogP contribution in [-0.4, -0.2) is 30.7 Å². The van der Waals surface area contributed by atoms with Gasteiger partial charge in [0, 0.05) is 6.54 Å². The number of hydrogen-bond acceptors (Lipinski definition) is 4. The highest BCUT2D eigenvalue weighted by molar-refractivity contribution is 5.91. The van der Waals surface area contributed by atoms with Crippen LogP contribution in [0.3, 0.4) is 0 Å². The normalized spacial score (nSPS) is 10.3. The summed E-state index contributed by atoms with van der Waals surface area (Å²) in [5.41, 5.74) is 1.50. The fourth-order valence-electron chi connectivity index (χ4n) is 2.59. The molecule has 0 unspecified atom stereocenters. The number of aromatic carboxylic acids is 1. The number of carboxylic acid groups (broad SMARTS) is 1. The Labute approximate surface area is 159 Å². The van der Waals surface area contributed by atoms with Gasteiger partial charge in [0.2, 0.25) is 5.91 Å². The number of hydrogen-bond donors (Lipinski definition) is 2. The Morgan fingerprint density at radius 2 is 1.89 bits per heavy atom. The molecule has 0 saturated carbocycles. The zero-order chi connectivity index (χ0) is 19.6. The fraction of sp³-hybridized carbons (Fsp3) is 0.333. The lowest BCUT2D eigenvalue weighted by atomic mass is 10.0. The van der Waals surface area contributed by atoms with Gasteiger partial charge < -0.3 is 19.9 Å². The fourth-order valence-corrected chi connectivity index (χ4v) is 2.59. The summed E-state index contributed by atoms with van der Waals surface area (Å²) in [6.45, 7) is 3.05. The quantitative estimate of drug-likeness (QED) is 0.625. The van der Waals surface area contributed by atoms with E-state index >= 15 is 0 Å². The van der Waals surface area contributed by atoms with Gasteiger partial charge in [-0.05, 0) is 35.7 Å². The summed E-state index contributed by atoms with van der Waals surface area (Å²) < 4.78 is 11.1. The van der Waals surface area contributed by atoms with E-state index in [9.17, 15) is 14.7 Å². The van der Waals surface area contributed by atoms with Crippen molar-refractivity contribution in [1.82, 2.24) is 5.32 Å². The van der Waals surface area contributed by atoms with E-state index in [1.807, 2.05) is 18.2 Å². The van der Waals surface area contributed by atoms with Crippen molar-refractivity contribution in [2.75, 3.05) is 13.7 Å². The van der Waals surface area contributed by atoms with Gasteiger partial charge in [-0.3, -0.25) is 4.79 Å². The molecule has 0 aliphatic carbocycles. The van der Waals surface area contributed by atoms with Crippen LogP contribution in [0.2, 0.25) is 0 Å². The van der Waals surface area contributed by atoms with E-state index in [2.05, 4.69) is 12.2 Å². The molecule has 0 radical (unpaired) electrons. The van der Waals surface area contributed by atoms with E-state index in [4.69, 9.17) is 9.47 Å². The lowest BCUT2D eigenvalue weighted by molar-refractivity contribution is -0.120. The Balaban J connectivity index is 1.96. The second-order valence-electron chi connectivity index (χ2n) is 6.10. The molecule has 2 N–H and O–H groups in total. The lowest BCUT2D eigenvalue weighted by Crippen LogP contribution is -2.25. The Bertz CT molecular complexity index is 788. The van der Waals surface area contributed by atoms with E-state index in [-0.39, 0.29) is 17.9 Å². The highest BCUT2D eigenvalue weighted by Crippen LogP contribution is 2.28. The second-order valence-corrected chi connectivity index (χ2v) is 6.10. The number of benzene rings is 2. The van der Waals surface area contributed by atoms with Crippen LogP contribution in [0.5, 0.6) is 11.5 Å². The van der Waals surface area contributed by atoms with Crippen LogP contribution >= 0.6 is 0 Å². The van der Waals surface area contributed by atoms with Crippen LogP contribution in [0.15, 0.2) is 42.5 Å². The summed E-state index contributed by atoms with van der Waals surface area (Å²) in [5.74, 6) is 0.0122. The highest BCUT2D eigenvalue weighted by Gasteiger charge is 2.13. The first-order valence-corrected chi connectivity index (χ1v) is 8.92. The number of carbonyl (C=O) groups is 2. The number of ether oxygens (including phenoxy) is 2. The Morgan fingerprint density at radius 1 is 1.11 bits per heavy atom. The van der Waals surface area contributed by atoms with Gasteiger partial charge in [0.15, 0.2) is 11.5 Å². The van der Waals surface area contributed by atoms with Gasteiger partial charge in [0.05, 0.1) is 25.7 Å². The number of amides is 1. The zero-order valence-corrected chi connectivity index (χ0v) is 15.7. The molecule has 0 aliphatic heterocycles.